The maximum absolute atomic E-state index is 2.58. The van der Waals surface area contributed by atoms with Crippen LogP contribution in [0.3, 0.4) is 0 Å². The predicted molar refractivity (Wildman–Crippen MR) is 25.5 cm³/mol. The average molecular weight is 292 g/mol. The Balaban J connectivity index is -0.0000000800. The fourth-order valence-corrected chi connectivity index (χ4v) is 0. The van der Waals surface area contributed by atoms with Crippen molar-refractivity contribution in [2.24, 2.45) is 0 Å². The summed E-state index contributed by atoms with van der Waals surface area (Å²) < 4.78 is 0.438. The van der Waals surface area contributed by atoms with E-state index in [9.17, 15) is 0 Å². The van der Waals surface area contributed by atoms with Gasteiger partial charge in [0.05, 0.1) is 0 Å². The van der Waals surface area contributed by atoms with E-state index in [1.165, 1.54) is 0 Å². The second kappa shape index (κ2) is 5.65. The van der Waals surface area contributed by atoms with E-state index in [1.807, 2.05) is 0 Å². The Morgan fingerprint density at radius 2 is 1.00 bits per heavy atom. The first-order valence-electron chi connectivity index (χ1n) is 1.72. The summed E-state index contributed by atoms with van der Waals surface area (Å²) >= 11 is 2.58. The molecule has 0 aliphatic rings. The molecule has 0 aromatic carbocycles. The number of rotatable bonds is 0. The molecule has 0 bridgehead atoms. The van der Waals surface area contributed by atoms with E-state index in [0.717, 1.165) is 0 Å². The van der Waals surface area contributed by atoms with Crippen molar-refractivity contribution in [3.05, 3.63) is 0 Å². The molecular weight excluding hydrogens is 283 g/mol. The van der Waals surface area contributed by atoms with Crippen LogP contribution in [-0.2, 0) is 0 Å². The number of hydrogen-bond donors (Lipinski definition) is 0. The van der Waals surface area contributed by atoms with E-state index >= 15 is 0 Å². The molecule has 0 saturated carbocycles. The zero-order valence-corrected chi connectivity index (χ0v) is 9.75. The van der Waals surface area contributed by atoms with Crippen LogP contribution in [0.2, 0.25) is 4.20 Å². The van der Waals surface area contributed by atoms with Crippen molar-refractivity contribution in [1.29, 1.82) is 0 Å². The third-order valence-electron chi connectivity index (χ3n) is 0. The quantitative estimate of drug-likeness (QED) is 0.394. The third kappa shape index (κ3) is 99.3. The SMILES string of the molecule is CC(C)(C)[As].[Br-].[Br-]. The Hall–Kier alpha value is 1.52. The summed E-state index contributed by atoms with van der Waals surface area (Å²) in [6.45, 7) is 6.48. The van der Waals surface area contributed by atoms with E-state index in [0.29, 0.717) is 4.20 Å². The van der Waals surface area contributed by atoms with E-state index in [-0.39, 0.29) is 34.0 Å². The molecule has 0 aliphatic carbocycles. The molecule has 7 heavy (non-hydrogen) atoms. The zero-order chi connectivity index (χ0) is 4.50. The van der Waals surface area contributed by atoms with Gasteiger partial charge in [0.1, 0.15) is 0 Å². The second-order valence-corrected chi connectivity index (χ2v) is 4.99. The summed E-state index contributed by atoms with van der Waals surface area (Å²) in [6.07, 6.45) is 0. The van der Waals surface area contributed by atoms with Gasteiger partial charge in [0.25, 0.3) is 0 Å². The molecule has 0 saturated heterocycles. The summed E-state index contributed by atoms with van der Waals surface area (Å²) in [5.41, 5.74) is 0. The molecule has 0 heterocycles. The Bertz CT molecular complexity index is 25.2. The molecule has 0 rings (SSSR count). The first kappa shape index (κ1) is 15.8. The Morgan fingerprint density at radius 3 is 1.00 bits per heavy atom. The molecule has 0 unspecified atom stereocenters. The minimum atomic E-state index is 0. The maximum Gasteiger partial charge on any atom is -1.00 e. The fraction of sp³-hybridized carbons (Fsp3) is 1.00. The standard InChI is InChI=1S/C4H9As.2BrH/c1-4(2,3)5;;/h1-3H3;2*1H/p-2. The summed E-state index contributed by atoms with van der Waals surface area (Å²) in [5, 5.41) is 0. The van der Waals surface area contributed by atoms with Crippen molar-refractivity contribution in [2.75, 3.05) is 0 Å². The molecule has 0 spiro atoms. The predicted octanol–water partition coefficient (Wildman–Crippen LogP) is -4.62. The van der Waals surface area contributed by atoms with Crippen LogP contribution in [0.4, 0.5) is 0 Å². The van der Waals surface area contributed by atoms with E-state index in [2.05, 4.69) is 37.6 Å². The first-order chi connectivity index (χ1) is 2.00. The van der Waals surface area contributed by atoms with Gasteiger partial charge in [0.15, 0.2) is 0 Å². The molecule has 0 nitrogen and oxygen atoms in total. The van der Waals surface area contributed by atoms with E-state index in [4.69, 9.17) is 0 Å². The van der Waals surface area contributed by atoms with Crippen molar-refractivity contribution in [1.82, 2.24) is 0 Å². The molecule has 2 radical (unpaired) electrons. The van der Waals surface area contributed by atoms with Crippen molar-refractivity contribution < 1.29 is 34.0 Å². The minimum absolute atomic E-state index is 0. The van der Waals surface area contributed by atoms with Crippen LogP contribution in [0, 0.1) is 0 Å². The number of hydrogen-bond acceptors (Lipinski definition) is 0. The van der Waals surface area contributed by atoms with Crippen LogP contribution in [0.5, 0.6) is 0 Å². The van der Waals surface area contributed by atoms with Crippen LogP contribution in [-0.4, -0.2) is 16.9 Å². The van der Waals surface area contributed by atoms with Gasteiger partial charge in [-0.3, -0.25) is 0 Å². The molecule has 46 valence electrons. The van der Waals surface area contributed by atoms with Gasteiger partial charge >= 0.3 is 41.8 Å². The smallest absolute Gasteiger partial charge is 1.00 e. The van der Waals surface area contributed by atoms with Gasteiger partial charge < -0.3 is 34.0 Å². The minimum Gasteiger partial charge on any atom is -1.00 e. The van der Waals surface area contributed by atoms with Gasteiger partial charge in [-0.15, -0.1) is 0 Å². The van der Waals surface area contributed by atoms with Crippen molar-refractivity contribution in [2.45, 2.75) is 25.0 Å². The second-order valence-electron chi connectivity index (χ2n) is 2.17. The normalized spacial score (nSPS) is 8.57. The van der Waals surface area contributed by atoms with Gasteiger partial charge in [-0.1, -0.05) is 0 Å². The summed E-state index contributed by atoms with van der Waals surface area (Å²) in [4.78, 5) is 0. The molecule has 3 heteroatoms. The Morgan fingerprint density at radius 1 is 1.00 bits per heavy atom. The largest absolute Gasteiger partial charge is 1.00 e. The topological polar surface area (TPSA) is 0 Å². The van der Waals surface area contributed by atoms with Crippen LogP contribution >= 0.6 is 0 Å². The van der Waals surface area contributed by atoms with E-state index < -0.39 is 0 Å². The van der Waals surface area contributed by atoms with Gasteiger partial charge in [-0.25, -0.2) is 0 Å². The van der Waals surface area contributed by atoms with E-state index in [1.54, 1.807) is 0 Å². The molecule has 0 fully saturated rings. The van der Waals surface area contributed by atoms with Gasteiger partial charge in [-0.05, 0) is 0 Å². The van der Waals surface area contributed by atoms with Crippen molar-refractivity contribution >= 4 is 16.9 Å². The monoisotopic (exact) mass is 290 g/mol. The van der Waals surface area contributed by atoms with Crippen LogP contribution in [0.15, 0.2) is 0 Å². The molecule has 0 aromatic rings. The molecule has 0 aliphatic heterocycles. The molecular formula is C4H9AsBr2-2. The maximum atomic E-state index is 2.58. The van der Waals surface area contributed by atoms with Crippen molar-refractivity contribution in [3.63, 3.8) is 0 Å². The molecule has 0 aromatic heterocycles. The fourth-order valence-electron chi connectivity index (χ4n) is 0. The van der Waals surface area contributed by atoms with Gasteiger partial charge in [-0.2, -0.15) is 0 Å². The number of halogens is 2. The van der Waals surface area contributed by atoms with Crippen LogP contribution in [0.1, 0.15) is 20.8 Å². The summed E-state index contributed by atoms with van der Waals surface area (Å²) in [7, 11) is 0. The molecule has 0 atom stereocenters. The first-order valence-corrected chi connectivity index (χ1v) is 2.66. The van der Waals surface area contributed by atoms with Crippen LogP contribution in [0.25, 0.3) is 0 Å². The molecule has 0 amide bonds. The van der Waals surface area contributed by atoms with Gasteiger partial charge in [0.2, 0.25) is 0 Å². The third-order valence-corrected chi connectivity index (χ3v) is 0. The average Bonchev–Trinajstić information content (AvgIpc) is 0.722. The van der Waals surface area contributed by atoms with Gasteiger partial charge in [0, 0.05) is 0 Å². The van der Waals surface area contributed by atoms with Crippen molar-refractivity contribution in [3.8, 4) is 0 Å². The zero-order valence-electron chi connectivity index (χ0n) is 4.70. The summed E-state index contributed by atoms with van der Waals surface area (Å²) in [5.74, 6) is 0. The molecule has 0 N–H and O–H groups in total. The van der Waals surface area contributed by atoms with Crippen LogP contribution < -0.4 is 34.0 Å². The summed E-state index contributed by atoms with van der Waals surface area (Å²) in [6, 6.07) is 0. The Labute approximate surface area is 75.5 Å². The Kier molecular flexibility index (Phi) is 12.8.